The fourth-order valence-electron chi connectivity index (χ4n) is 3.05. The predicted molar refractivity (Wildman–Crippen MR) is 83.6 cm³/mol. The maximum absolute atomic E-state index is 11.9. The van der Waals surface area contributed by atoms with E-state index in [1.54, 1.807) is 11.1 Å². The monoisotopic (exact) mass is 317 g/mol. The van der Waals surface area contributed by atoms with Gasteiger partial charge in [-0.05, 0) is 18.9 Å². The number of aliphatic imine (C=N–C) groups is 1. The third kappa shape index (κ3) is 2.55. The van der Waals surface area contributed by atoms with Gasteiger partial charge in [0.1, 0.15) is 23.4 Å². The van der Waals surface area contributed by atoms with E-state index in [1.165, 1.54) is 17.4 Å². The summed E-state index contributed by atoms with van der Waals surface area (Å²) >= 11 is 0. The van der Waals surface area contributed by atoms with Crippen LogP contribution in [0.2, 0.25) is 0 Å². The van der Waals surface area contributed by atoms with Crippen molar-refractivity contribution in [3.05, 3.63) is 35.9 Å². The van der Waals surface area contributed by atoms with Crippen LogP contribution < -0.4 is 17.0 Å². The molecule has 3 heterocycles. The summed E-state index contributed by atoms with van der Waals surface area (Å²) in [6.07, 6.45) is 6.05. The lowest BCUT2D eigenvalue weighted by Crippen LogP contribution is -2.52. The van der Waals surface area contributed by atoms with Crippen molar-refractivity contribution in [2.24, 2.45) is 16.6 Å². The first kappa shape index (κ1) is 15.1. The van der Waals surface area contributed by atoms with Crippen molar-refractivity contribution in [1.82, 2.24) is 20.3 Å². The number of amides is 2. The highest BCUT2D eigenvalue weighted by molar-refractivity contribution is 5.94. The lowest BCUT2D eigenvalue weighted by Gasteiger charge is -2.39. The van der Waals surface area contributed by atoms with E-state index in [4.69, 9.17) is 11.6 Å². The molecule has 0 aliphatic carbocycles. The zero-order valence-electron chi connectivity index (χ0n) is 12.6. The Hall–Kier alpha value is -2.81. The molecular weight excluding hydrogens is 298 g/mol. The molecule has 0 radical (unpaired) electrons. The van der Waals surface area contributed by atoms with Gasteiger partial charge in [0.05, 0.1) is 12.2 Å². The Kier molecular flexibility index (Phi) is 3.78. The Morgan fingerprint density at radius 1 is 1.48 bits per heavy atom. The fraction of sp³-hybridized carbons (Fsp3) is 0.357. The largest absolute Gasteiger partial charge is 0.364 e. The minimum atomic E-state index is -0.603. The predicted octanol–water partition coefficient (Wildman–Crippen LogP) is -1.26. The van der Waals surface area contributed by atoms with Crippen LogP contribution in [-0.2, 0) is 9.59 Å². The molecule has 0 aromatic rings. The third-order valence-corrected chi connectivity index (χ3v) is 4.11. The number of rotatable bonds is 3. The van der Waals surface area contributed by atoms with Gasteiger partial charge in [-0.3, -0.25) is 25.0 Å². The standard InChI is InChI=1S/C14H19N7O2/c1-2-11(22)19-5-3-4-9(7-19)21-10-6-17-8-20(16)13(10)12(18-21)14(15)23/h2,6,8-9,18H,1,3-5,7,16H2,(H2,15,23). The third-order valence-electron chi connectivity index (χ3n) is 4.11. The zero-order valence-corrected chi connectivity index (χ0v) is 12.6. The van der Waals surface area contributed by atoms with E-state index in [1.807, 2.05) is 5.01 Å². The normalized spacial score (nSPS) is 23.4. The number of fused-ring (bicyclic) bond motifs is 1. The molecule has 3 rings (SSSR count). The van der Waals surface area contributed by atoms with Gasteiger partial charge in [-0.2, -0.15) is 0 Å². The first-order chi connectivity index (χ1) is 11.0. The van der Waals surface area contributed by atoms with E-state index in [9.17, 15) is 9.59 Å². The molecule has 1 saturated heterocycles. The quantitative estimate of drug-likeness (QED) is 0.441. The van der Waals surface area contributed by atoms with Crippen molar-refractivity contribution >= 4 is 18.2 Å². The molecular formula is C14H19N7O2. The molecule has 1 atom stereocenters. The molecule has 9 heteroatoms. The van der Waals surface area contributed by atoms with E-state index in [0.29, 0.717) is 24.5 Å². The molecule has 5 N–H and O–H groups in total. The second kappa shape index (κ2) is 5.76. The zero-order chi connectivity index (χ0) is 16.6. The Morgan fingerprint density at radius 2 is 2.26 bits per heavy atom. The van der Waals surface area contributed by atoms with Gasteiger partial charge in [0, 0.05) is 13.1 Å². The van der Waals surface area contributed by atoms with Crippen LogP contribution >= 0.6 is 0 Å². The smallest absolute Gasteiger partial charge is 0.268 e. The van der Waals surface area contributed by atoms with Crippen LogP contribution in [0.5, 0.6) is 0 Å². The van der Waals surface area contributed by atoms with E-state index >= 15 is 0 Å². The maximum Gasteiger partial charge on any atom is 0.268 e. The number of hydrazine groups is 2. The summed E-state index contributed by atoms with van der Waals surface area (Å²) in [5, 5.41) is 3.08. The number of hydrogen-bond acceptors (Lipinski definition) is 7. The second-order valence-corrected chi connectivity index (χ2v) is 5.54. The van der Waals surface area contributed by atoms with Gasteiger partial charge in [0.2, 0.25) is 5.91 Å². The first-order valence-electron chi connectivity index (χ1n) is 7.32. The SMILES string of the molecule is C=CC(=O)N1CCCC(N2NC(C(N)=O)=C3C2=CN=CN3N)C1. The molecule has 1 unspecified atom stereocenters. The summed E-state index contributed by atoms with van der Waals surface area (Å²) < 4.78 is 0. The number of carbonyl (C=O) groups excluding carboxylic acids is 2. The molecule has 0 spiro atoms. The number of carbonyl (C=O) groups is 2. The van der Waals surface area contributed by atoms with Crippen LogP contribution in [0.4, 0.5) is 0 Å². The summed E-state index contributed by atoms with van der Waals surface area (Å²) in [7, 11) is 0. The van der Waals surface area contributed by atoms with Gasteiger partial charge >= 0.3 is 0 Å². The lowest BCUT2D eigenvalue weighted by atomic mass is 10.0. The van der Waals surface area contributed by atoms with Crippen molar-refractivity contribution in [2.75, 3.05) is 13.1 Å². The Morgan fingerprint density at radius 3 is 2.96 bits per heavy atom. The number of nitrogens with zero attached hydrogens (tertiary/aromatic N) is 4. The minimum absolute atomic E-state index is 0.0209. The van der Waals surface area contributed by atoms with E-state index in [2.05, 4.69) is 17.0 Å². The van der Waals surface area contributed by atoms with Crippen molar-refractivity contribution < 1.29 is 9.59 Å². The lowest BCUT2D eigenvalue weighted by molar-refractivity contribution is -0.128. The average molecular weight is 317 g/mol. The molecule has 0 saturated carbocycles. The summed E-state index contributed by atoms with van der Waals surface area (Å²) in [5.74, 6) is 5.16. The number of primary amides is 1. The Bertz CT molecular complexity index is 652. The highest BCUT2D eigenvalue weighted by atomic mass is 16.2. The Labute approximate surface area is 133 Å². The van der Waals surface area contributed by atoms with Crippen molar-refractivity contribution in [3.63, 3.8) is 0 Å². The number of likely N-dealkylation sites (tertiary alicyclic amines) is 1. The molecule has 1 fully saturated rings. The molecule has 122 valence electrons. The summed E-state index contributed by atoms with van der Waals surface area (Å²) in [6.45, 7) is 4.74. The molecule has 0 bridgehead atoms. The van der Waals surface area contributed by atoms with E-state index < -0.39 is 5.91 Å². The van der Waals surface area contributed by atoms with E-state index in [-0.39, 0.29) is 17.6 Å². The molecule has 0 aromatic heterocycles. The van der Waals surface area contributed by atoms with Gasteiger partial charge in [0.15, 0.2) is 0 Å². The van der Waals surface area contributed by atoms with Crippen LogP contribution in [0.3, 0.4) is 0 Å². The van der Waals surface area contributed by atoms with Gasteiger partial charge in [-0.1, -0.05) is 6.58 Å². The molecule has 9 nitrogen and oxygen atoms in total. The minimum Gasteiger partial charge on any atom is -0.364 e. The summed E-state index contributed by atoms with van der Waals surface area (Å²) in [5.41, 5.74) is 9.83. The Balaban J connectivity index is 1.86. The number of hydrogen-bond donors (Lipinski definition) is 3. The first-order valence-corrected chi connectivity index (χ1v) is 7.32. The van der Waals surface area contributed by atoms with E-state index in [0.717, 1.165) is 12.8 Å². The molecule has 23 heavy (non-hydrogen) atoms. The number of piperidine rings is 1. The molecule has 3 aliphatic heterocycles. The topological polar surface area (TPSA) is 120 Å². The molecule has 0 aromatic carbocycles. The van der Waals surface area contributed by atoms with Gasteiger partial charge in [-0.25, -0.2) is 10.8 Å². The molecule has 2 amide bonds. The van der Waals surface area contributed by atoms with Gasteiger partial charge in [0.25, 0.3) is 5.91 Å². The van der Waals surface area contributed by atoms with Crippen LogP contribution in [0, 0.1) is 0 Å². The summed E-state index contributed by atoms with van der Waals surface area (Å²) in [4.78, 5) is 29.3. The number of nitrogens with one attached hydrogen (secondary N) is 1. The van der Waals surface area contributed by atoms with Crippen molar-refractivity contribution in [1.29, 1.82) is 0 Å². The van der Waals surface area contributed by atoms with Crippen molar-refractivity contribution in [2.45, 2.75) is 18.9 Å². The molecule has 3 aliphatic rings. The fourth-order valence-corrected chi connectivity index (χ4v) is 3.05. The number of nitrogens with two attached hydrogens (primary N) is 2. The van der Waals surface area contributed by atoms with Crippen LogP contribution in [-0.4, -0.2) is 52.2 Å². The highest BCUT2D eigenvalue weighted by Crippen LogP contribution is 2.31. The highest BCUT2D eigenvalue weighted by Gasteiger charge is 2.38. The van der Waals surface area contributed by atoms with Crippen molar-refractivity contribution in [3.8, 4) is 0 Å². The van der Waals surface area contributed by atoms with Crippen LogP contribution in [0.15, 0.2) is 40.9 Å². The van der Waals surface area contributed by atoms with Crippen LogP contribution in [0.1, 0.15) is 12.8 Å². The van der Waals surface area contributed by atoms with Crippen LogP contribution in [0.25, 0.3) is 0 Å². The maximum atomic E-state index is 11.9. The van der Waals surface area contributed by atoms with Gasteiger partial charge < -0.3 is 10.6 Å². The van der Waals surface area contributed by atoms with Gasteiger partial charge in [-0.15, -0.1) is 0 Å². The average Bonchev–Trinajstić information content (AvgIpc) is 2.95. The second-order valence-electron chi connectivity index (χ2n) is 5.54. The summed E-state index contributed by atoms with van der Waals surface area (Å²) in [6, 6.07) is -0.0209.